The van der Waals surface area contributed by atoms with E-state index in [1.54, 1.807) is 0 Å². The van der Waals surface area contributed by atoms with Crippen LogP contribution >= 0.6 is 0 Å². The lowest BCUT2D eigenvalue weighted by Crippen LogP contribution is -2.32. The van der Waals surface area contributed by atoms with Crippen molar-refractivity contribution < 1.29 is 23.1 Å². The summed E-state index contributed by atoms with van der Waals surface area (Å²) in [5.74, 6) is -0.307. The van der Waals surface area contributed by atoms with E-state index in [2.05, 4.69) is 9.88 Å². The SMILES string of the molecule is O=C(O)CCN1CCCN(c2ccc(C(F)(F)F)cn2)CC1. The molecule has 122 valence electrons. The van der Waals surface area contributed by atoms with Crippen molar-refractivity contribution in [3.8, 4) is 0 Å². The Kier molecular flexibility index (Phi) is 5.23. The summed E-state index contributed by atoms with van der Waals surface area (Å²) >= 11 is 0. The molecule has 0 saturated carbocycles. The minimum absolute atomic E-state index is 0.0958. The fourth-order valence-corrected chi connectivity index (χ4v) is 2.42. The standard InChI is InChI=1S/C14H18F3N3O2/c15-14(16,17)11-2-3-12(18-10-11)20-6-1-5-19(8-9-20)7-4-13(21)22/h2-3,10H,1,4-9H2,(H,21,22). The monoisotopic (exact) mass is 317 g/mol. The molecule has 0 atom stereocenters. The number of hydrogen-bond acceptors (Lipinski definition) is 4. The van der Waals surface area contributed by atoms with Crippen LogP contribution in [0.4, 0.5) is 19.0 Å². The fraction of sp³-hybridized carbons (Fsp3) is 0.571. The Labute approximate surface area is 126 Å². The van der Waals surface area contributed by atoms with Crippen molar-refractivity contribution in [2.45, 2.75) is 19.0 Å². The van der Waals surface area contributed by atoms with Crippen LogP contribution in [0.3, 0.4) is 0 Å². The number of alkyl halides is 3. The minimum atomic E-state index is -4.38. The number of carboxylic acid groups (broad SMARTS) is 1. The van der Waals surface area contributed by atoms with Crippen LogP contribution in [0.15, 0.2) is 18.3 Å². The van der Waals surface area contributed by atoms with Gasteiger partial charge < -0.3 is 14.9 Å². The lowest BCUT2D eigenvalue weighted by atomic mass is 10.2. The van der Waals surface area contributed by atoms with Crippen molar-refractivity contribution in [3.63, 3.8) is 0 Å². The topological polar surface area (TPSA) is 56.7 Å². The van der Waals surface area contributed by atoms with E-state index in [1.807, 2.05) is 4.90 Å². The molecule has 1 aromatic rings. The van der Waals surface area contributed by atoms with Crippen LogP contribution in [-0.2, 0) is 11.0 Å². The van der Waals surface area contributed by atoms with Crippen LogP contribution < -0.4 is 4.90 Å². The molecule has 1 aliphatic heterocycles. The van der Waals surface area contributed by atoms with Gasteiger partial charge in [-0.05, 0) is 25.1 Å². The molecule has 0 amide bonds. The quantitative estimate of drug-likeness (QED) is 0.921. The summed E-state index contributed by atoms with van der Waals surface area (Å²) in [5.41, 5.74) is -0.755. The molecule has 0 radical (unpaired) electrons. The fourth-order valence-electron chi connectivity index (χ4n) is 2.42. The number of aliphatic carboxylic acids is 1. The summed E-state index contributed by atoms with van der Waals surface area (Å²) < 4.78 is 37.6. The van der Waals surface area contributed by atoms with Crippen molar-refractivity contribution >= 4 is 11.8 Å². The Morgan fingerprint density at radius 3 is 2.59 bits per heavy atom. The zero-order chi connectivity index (χ0) is 16.2. The average Bonchev–Trinajstić information content (AvgIpc) is 2.70. The van der Waals surface area contributed by atoms with Gasteiger partial charge in [-0.15, -0.1) is 0 Å². The van der Waals surface area contributed by atoms with Gasteiger partial charge in [0.25, 0.3) is 0 Å². The molecular formula is C14H18F3N3O2. The van der Waals surface area contributed by atoms with Gasteiger partial charge in [-0.3, -0.25) is 4.79 Å². The second kappa shape index (κ2) is 6.95. The zero-order valence-corrected chi connectivity index (χ0v) is 12.0. The van der Waals surface area contributed by atoms with E-state index in [4.69, 9.17) is 5.11 Å². The molecule has 1 N–H and O–H groups in total. The van der Waals surface area contributed by atoms with Gasteiger partial charge in [0, 0.05) is 32.4 Å². The third-order valence-electron chi connectivity index (χ3n) is 3.63. The molecule has 1 aliphatic rings. The van der Waals surface area contributed by atoms with Gasteiger partial charge in [0.15, 0.2) is 0 Å². The van der Waals surface area contributed by atoms with Crippen LogP contribution in [0.5, 0.6) is 0 Å². The van der Waals surface area contributed by atoms with Crippen LogP contribution in [0.25, 0.3) is 0 Å². The third kappa shape index (κ3) is 4.59. The van der Waals surface area contributed by atoms with Crippen molar-refractivity contribution in [2.75, 3.05) is 37.6 Å². The lowest BCUT2D eigenvalue weighted by molar-refractivity contribution is -0.138. The summed E-state index contributed by atoms with van der Waals surface area (Å²) in [6, 6.07) is 2.42. The second-order valence-electron chi connectivity index (χ2n) is 5.23. The van der Waals surface area contributed by atoms with E-state index in [0.717, 1.165) is 25.2 Å². The van der Waals surface area contributed by atoms with Crippen molar-refractivity contribution in [1.82, 2.24) is 9.88 Å². The first-order chi connectivity index (χ1) is 10.4. The van der Waals surface area contributed by atoms with Gasteiger partial charge >= 0.3 is 12.1 Å². The summed E-state index contributed by atoms with van der Waals surface area (Å²) in [6.07, 6.45) is -2.61. The normalized spacial score (nSPS) is 17.3. The predicted octanol–water partition coefficient (Wildman–Crippen LogP) is 2.09. The van der Waals surface area contributed by atoms with Gasteiger partial charge in [-0.25, -0.2) is 4.98 Å². The molecule has 0 aliphatic carbocycles. The number of carbonyl (C=O) groups is 1. The number of anilines is 1. The highest BCUT2D eigenvalue weighted by atomic mass is 19.4. The molecule has 1 fully saturated rings. The van der Waals surface area contributed by atoms with Crippen LogP contribution in [0, 0.1) is 0 Å². The van der Waals surface area contributed by atoms with Crippen molar-refractivity contribution in [2.24, 2.45) is 0 Å². The Bertz CT molecular complexity index is 505. The van der Waals surface area contributed by atoms with Gasteiger partial charge in [0.05, 0.1) is 12.0 Å². The molecule has 2 heterocycles. The van der Waals surface area contributed by atoms with Crippen LogP contribution in [0.2, 0.25) is 0 Å². The number of nitrogens with zero attached hydrogens (tertiary/aromatic N) is 3. The highest BCUT2D eigenvalue weighted by molar-refractivity contribution is 5.66. The molecule has 2 rings (SSSR count). The number of pyridine rings is 1. The second-order valence-corrected chi connectivity index (χ2v) is 5.23. The molecule has 0 unspecified atom stereocenters. The van der Waals surface area contributed by atoms with Crippen molar-refractivity contribution in [1.29, 1.82) is 0 Å². The Morgan fingerprint density at radius 1 is 1.23 bits per heavy atom. The van der Waals surface area contributed by atoms with E-state index < -0.39 is 17.7 Å². The third-order valence-corrected chi connectivity index (χ3v) is 3.63. The van der Waals surface area contributed by atoms with Crippen molar-refractivity contribution in [3.05, 3.63) is 23.9 Å². The largest absolute Gasteiger partial charge is 0.481 e. The minimum Gasteiger partial charge on any atom is -0.481 e. The molecule has 1 saturated heterocycles. The van der Waals surface area contributed by atoms with Gasteiger partial charge in [-0.1, -0.05) is 0 Å². The summed E-state index contributed by atoms with van der Waals surface area (Å²) in [6.45, 7) is 3.27. The zero-order valence-electron chi connectivity index (χ0n) is 12.0. The Morgan fingerprint density at radius 2 is 2.00 bits per heavy atom. The molecule has 0 spiro atoms. The number of hydrogen-bond donors (Lipinski definition) is 1. The summed E-state index contributed by atoms with van der Waals surface area (Å²) in [7, 11) is 0. The maximum atomic E-state index is 12.5. The molecule has 5 nitrogen and oxygen atoms in total. The summed E-state index contributed by atoms with van der Waals surface area (Å²) in [4.78, 5) is 18.5. The Hall–Kier alpha value is -1.83. The number of aromatic nitrogens is 1. The molecule has 8 heteroatoms. The Balaban J connectivity index is 1.94. The van der Waals surface area contributed by atoms with Gasteiger partial charge in [0.1, 0.15) is 5.82 Å². The highest BCUT2D eigenvalue weighted by Crippen LogP contribution is 2.29. The maximum Gasteiger partial charge on any atom is 0.417 e. The number of rotatable bonds is 4. The highest BCUT2D eigenvalue weighted by Gasteiger charge is 2.31. The average molecular weight is 317 g/mol. The molecule has 22 heavy (non-hydrogen) atoms. The number of carboxylic acids is 1. The molecule has 0 bridgehead atoms. The first kappa shape index (κ1) is 16.5. The molecular weight excluding hydrogens is 299 g/mol. The molecule has 0 aromatic carbocycles. The van der Waals surface area contributed by atoms with Crippen LogP contribution in [-0.4, -0.2) is 53.7 Å². The summed E-state index contributed by atoms with van der Waals surface area (Å²) in [5, 5.41) is 8.70. The molecule has 1 aromatic heterocycles. The first-order valence-corrected chi connectivity index (χ1v) is 7.08. The predicted molar refractivity (Wildman–Crippen MR) is 74.8 cm³/mol. The van der Waals surface area contributed by atoms with Gasteiger partial charge in [-0.2, -0.15) is 13.2 Å². The van der Waals surface area contributed by atoms with E-state index >= 15 is 0 Å². The van der Waals surface area contributed by atoms with E-state index in [9.17, 15) is 18.0 Å². The number of halogens is 3. The maximum absolute atomic E-state index is 12.5. The lowest BCUT2D eigenvalue weighted by Gasteiger charge is -2.22. The van der Waals surface area contributed by atoms with E-state index in [-0.39, 0.29) is 6.42 Å². The van der Waals surface area contributed by atoms with E-state index in [1.165, 1.54) is 6.07 Å². The van der Waals surface area contributed by atoms with Gasteiger partial charge in [0.2, 0.25) is 0 Å². The smallest absolute Gasteiger partial charge is 0.417 e. The van der Waals surface area contributed by atoms with Crippen LogP contribution in [0.1, 0.15) is 18.4 Å². The van der Waals surface area contributed by atoms with E-state index in [0.29, 0.717) is 32.0 Å². The first-order valence-electron chi connectivity index (χ1n) is 7.08.